The van der Waals surface area contributed by atoms with Crippen molar-refractivity contribution in [3.8, 4) is 0 Å². The maximum Gasteiger partial charge on any atom is 0.144 e. The minimum absolute atomic E-state index is 0.0432. The van der Waals surface area contributed by atoms with E-state index in [1.165, 1.54) is 12.1 Å². The maximum absolute atomic E-state index is 13.5. The first-order chi connectivity index (χ1) is 7.97. The van der Waals surface area contributed by atoms with Crippen molar-refractivity contribution in [3.05, 3.63) is 23.0 Å². The van der Waals surface area contributed by atoms with Crippen LogP contribution in [0.25, 0.3) is 0 Å². The number of ether oxygens (including phenoxy) is 1. The van der Waals surface area contributed by atoms with Crippen molar-refractivity contribution in [2.24, 2.45) is 0 Å². The first kappa shape index (κ1) is 14.1. The quantitative estimate of drug-likeness (QED) is 0.828. The van der Waals surface area contributed by atoms with Gasteiger partial charge in [-0.25, -0.2) is 4.39 Å². The minimum atomic E-state index is -0.459. The number of nitrogen functional groups attached to an aromatic ring is 1. The number of hydrogen-bond donors (Lipinski definition) is 1. The van der Waals surface area contributed by atoms with Gasteiger partial charge in [0, 0.05) is 25.8 Å². The second-order valence-electron chi connectivity index (χ2n) is 4.11. The van der Waals surface area contributed by atoms with Gasteiger partial charge in [0.15, 0.2) is 0 Å². The van der Waals surface area contributed by atoms with Crippen LogP contribution in [-0.4, -0.2) is 26.3 Å². The molecular weight excluding hydrogens is 243 g/mol. The van der Waals surface area contributed by atoms with Crippen LogP contribution in [0.15, 0.2) is 12.1 Å². The topological polar surface area (TPSA) is 38.5 Å². The summed E-state index contributed by atoms with van der Waals surface area (Å²) in [6.45, 7) is 5.24. The first-order valence-electron chi connectivity index (χ1n) is 5.47. The van der Waals surface area contributed by atoms with Crippen LogP contribution in [0.2, 0.25) is 5.02 Å². The molecule has 0 aliphatic heterocycles. The number of hydrogen-bond acceptors (Lipinski definition) is 3. The maximum atomic E-state index is 13.5. The summed E-state index contributed by atoms with van der Waals surface area (Å²) < 4.78 is 18.5. The fourth-order valence-electron chi connectivity index (χ4n) is 1.65. The van der Waals surface area contributed by atoms with Crippen LogP contribution < -0.4 is 10.6 Å². The van der Waals surface area contributed by atoms with E-state index >= 15 is 0 Å². The molecule has 0 aliphatic carbocycles. The van der Waals surface area contributed by atoms with E-state index in [1.807, 2.05) is 18.7 Å². The number of halogens is 2. The van der Waals surface area contributed by atoms with E-state index in [4.69, 9.17) is 22.1 Å². The van der Waals surface area contributed by atoms with Crippen molar-refractivity contribution in [1.29, 1.82) is 0 Å². The Balaban J connectivity index is 3.05. The highest BCUT2D eigenvalue weighted by Gasteiger charge is 2.15. The van der Waals surface area contributed by atoms with Gasteiger partial charge >= 0.3 is 0 Å². The summed E-state index contributed by atoms with van der Waals surface area (Å²) in [5.41, 5.74) is 6.99. The largest absolute Gasteiger partial charge is 0.397 e. The third kappa shape index (κ3) is 3.48. The summed E-state index contributed by atoms with van der Waals surface area (Å²) in [4.78, 5) is 1.98. The van der Waals surface area contributed by atoms with Crippen molar-refractivity contribution in [2.45, 2.75) is 19.9 Å². The molecule has 1 aromatic carbocycles. The monoisotopic (exact) mass is 260 g/mol. The SMILES string of the molecule is COCCN(c1cc(F)c(Cl)cc1N)C(C)C. The van der Waals surface area contributed by atoms with Gasteiger partial charge in [0.2, 0.25) is 0 Å². The standard InChI is InChI=1S/C12H18ClFN2O/c1-8(2)16(4-5-17-3)12-7-10(14)9(13)6-11(12)15/h6-8H,4-5,15H2,1-3H3. The molecule has 0 unspecified atom stereocenters. The third-order valence-corrected chi connectivity index (χ3v) is 2.83. The lowest BCUT2D eigenvalue weighted by molar-refractivity contribution is 0.204. The molecule has 1 aromatic rings. The van der Waals surface area contributed by atoms with E-state index in [9.17, 15) is 4.39 Å². The molecule has 0 aliphatic rings. The molecule has 0 aromatic heterocycles. The average molecular weight is 261 g/mol. The Hall–Kier alpha value is -1.00. The van der Waals surface area contributed by atoms with E-state index in [-0.39, 0.29) is 11.1 Å². The van der Waals surface area contributed by atoms with Crippen molar-refractivity contribution in [2.75, 3.05) is 30.9 Å². The van der Waals surface area contributed by atoms with Crippen LogP contribution in [0, 0.1) is 5.82 Å². The second kappa shape index (κ2) is 6.07. The molecule has 5 heteroatoms. The predicted molar refractivity (Wildman–Crippen MR) is 70.2 cm³/mol. The number of nitrogens with zero attached hydrogens (tertiary/aromatic N) is 1. The minimum Gasteiger partial charge on any atom is -0.397 e. The first-order valence-corrected chi connectivity index (χ1v) is 5.85. The van der Waals surface area contributed by atoms with Crippen molar-refractivity contribution in [3.63, 3.8) is 0 Å². The number of rotatable bonds is 5. The Morgan fingerprint density at radius 3 is 2.65 bits per heavy atom. The molecule has 17 heavy (non-hydrogen) atoms. The Bertz CT molecular complexity index is 385. The summed E-state index contributed by atoms with van der Waals surface area (Å²) in [5.74, 6) is -0.459. The highest BCUT2D eigenvalue weighted by molar-refractivity contribution is 6.31. The Morgan fingerprint density at radius 2 is 2.12 bits per heavy atom. The van der Waals surface area contributed by atoms with Crippen molar-refractivity contribution in [1.82, 2.24) is 0 Å². The average Bonchev–Trinajstić information content (AvgIpc) is 2.25. The number of benzene rings is 1. The lowest BCUT2D eigenvalue weighted by Crippen LogP contribution is -2.34. The van der Waals surface area contributed by atoms with E-state index in [0.29, 0.717) is 24.5 Å². The predicted octanol–water partition coefficient (Wildman–Crippen LogP) is 2.92. The smallest absolute Gasteiger partial charge is 0.144 e. The highest BCUT2D eigenvalue weighted by Crippen LogP contribution is 2.30. The summed E-state index contributed by atoms with van der Waals surface area (Å²) in [7, 11) is 1.63. The number of nitrogens with two attached hydrogens (primary N) is 1. The van der Waals surface area contributed by atoms with E-state index in [2.05, 4.69) is 0 Å². The molecule has 96 valence electrons. The van der Waals surface area contributed by atoms with Crippen LogP contribution in [0.5, 0.6) is 0 Å². The summed E-state index contributed by atoms with van der Waals surface area (Å²) in [6, 6.07) is 3.01. The molecule has 0 atom stereocenters. The number of anilines is 2. The van der Waals surface area contributed by atoms with Gasteiger partial charge in [-0.05, 0) is 19.9 Å². The highest BCUT2D eigenvalue weighted by atomic mass is 35.5. The summed E-state index contributed by atoms with van der Waals surface area (Å²) >= 11 is 5.68. The lowest BCUT2D eigenvalue weighted by Gasteiger charge is -2.30. The molecule has 1 rings (SSSR count). The van der Waals surface area contributed by atoms with Gasteiger partial charge in [0.1, 0.15) is 5.82 Å². The van der Waals surface area contributed by atoms with E-state index in [1.54, 1.807) is 7.11 Å². The third-order valence-electron chi connectivity index (χ3n) is 2.54. The normalized spacial score (nSPS) is 10.9. The second-order valence-corrected chi connectivity index (χ2v) is 4.51. The number of methoxy groups -OCH3 is 1. The molecule has 0 heterocycles. The zero-order valence-corrected chi connectivity index (χ0v) is 11.1. The molecule has 0 saturated carbocycles. The fourth-order valence-corrected chi connectivity index (χ4v) is 1.82. The van der Waals surface area contributed by atoms with Crippen LogP contribution in [-0.2, 0) is 4.74 Å². The Morgan fingerprint density at radius 1 is 1.47 bits per heavy atom. The van der Waals surface area contributed by atoms with Crippen LogP contribution >= 0.6 is 11.6 Å². The molecular formula is C12H18ClFN2O. The van der Waals surface area contributed by atoms with Gasteiger partial charge in [-0.2, -0.15) is 0 Å². The van der Waals surface area contributed by atoms with Crippen LogP contribution in [0.1, 0.15) is 13.8 Å². The van der Waals surface area contributed by atoms with Gasteiger partial charge in [-0.3, -0.25) is 0 Å². The van der Waals surface area contributed by atoms with Gasteiger partial charge in [0.25, 0.3) is 0 Å². The van der Waals surface area contributed by atoms with Crippen molar-refractivity contribution < 1.29 is 9.13 Å². The lowest BCUT2D eigenvalue weighted by atomic mass is 10.2. The Labute approximate surface area is 106 Å². The molecule has 3 nitrogen and oxygen atoms in total. The molecule has 0 radical (unpaired) electrons. The fraction of sp³-hybridized carbons (Fsp3) is 0.500. The Kier molecular flexibility index (Phi) is 5.02. The molecule has 0 amide bonds. The van der Waals surface area contributed by atoms with Crippen LogP contribution in [0.4, 0.5) is 15.8 Å². The van der Waals surface area contributed by atoms with Crippen LogP contribution in [0.3, 0.4) is 0 Å². The van der Waals surface area contributed by atoms with Gasteiger partial charge in [0.05, 0.1) is 23.0 Å². The molecule has 0 spiro atoms. The van der Waals surface area contributed by atoms with Crippen molar-refractivity contribution >= 4 is 23.0 Å². The zero-order chi connectivity index (χ0) is 13.0. The molecule has 0 fully saturated rings. The molecule has 0 saturated heterocycles. The zero-order valence-electron chi connectivity index (χ0n) is 10.3. The van der Waals surface area contributed by atoms with Gasteiger partial charge in [-0.1, -0.05) is 11.6 Å². The van der Waals surface area contributed by atoms with E-state index in [0.717, 1.165) is 0 Å². The molecule has 2 N–H and O–H groups in total. The van der Waals surface area contributed by atoms with Gasteiger partial charge in [-0.15, -0.1) is 0 Å². The summed E-state index contributed by atoms with van der Waals surface area (Å²) in [5, 5.41) is 0.0432. The van der Waals surface area contributed by atoms with Gasteiger partial charge < -0.3 is 15.4 Å². The summed E-state index contributed by atoms with van der Waals surface area (Å²) in [6.07, 6.45) is 0. The molecule has 0 bridgehead atoms. The van der Waals surface area contributed by atoms with E-state index < -0.39 is 5.82 Å².